The fourth-order valence-electron chi connectivity index (χ4n) is 3.12. The zero-order chi connectivity index (χ0) is 21.0. The summed E-state index contributed by atoms with van der Waals surface area (Å²) in [5.41, 5.74) is 2.34. The summed E-state index contributed by atoms with van der Waals surface area (Å²) in [6.07, 6.45) is 2.09. The molecule has 3 aromatic rings. The van der Waals surface area contributed by atoms with Crippen molar-refractivity contribution in [1.82, 2.24) is 34.8 Å². The minimum absolute atomic E-state index is 0.376. The Bertz CT molecular complexity index is 951. The van der Waals surface area contributed by atoms with E-state index < -0.39 is 0 Å². The molecule has 0 aliphatic rings. The number of nitrogens with zero attached hydrogens (tertiary/aromatic N) is 7. The Morgan fingerprint density at radius 1 is 1.31 bits per heavy atom. The van der Waals surface area contributed by atoms with Gasteiger partial charge < -0.3 is 14.8 Å². The molecule has 3 rings (SSSR count). The molecule has 0 aliphatic carbocycles. The van der Waals surface area contributed by atoms with Crippen LogP contribution in [0.25, 0.3) is 0 Å². The van der Waals surface area contributed by atoms with Gasteiger partial charge in [-0.05, 0) is 24.3 Å². The summed E-state index contributed by atoms with van der Waals surface area (Å²) in [6, 6.07) is 4.19. The van der Waals surface area contributed by atoms with Gasteiger partial charge >= 0.3 is 0 Å². The summed E-state index contributed by atoms with van der Waals surface area (Å²) < 4.78 is 3.86. The molecular formula is C20H30N8S. The molecule has 3 heterocycles. The zero-order valence-corrected chi connectivity index (χ0v) is 18.9. The van der Waals surface area contributed by atoms with E-state index >= 15 is 0 Å². The van der Waals surface area contributed by atoms with Crippen LogP contribution in [0.1, 0.15) is 47.5 Å². The molecule has 156 valence electrons. The summed E-state index contributed by atoms with van der Waals surface area (Å²) in [6.45, 7) is 8.23. The van der Waals surface area contributed by atoms with Crippen LogP contribution in [-0.2, 0) is 33.7 Å². The van der Waals surface area contributed by atoms with E-state index in [2.05, 4.69) is 70.1 Å². The molecule has 9 heteroatoms. The fraction of sp³-hybridized carbons (Fsp3) is 0.500. The second-order valence-corrected chi connectivity index (χ2v) is 8.55. The van der Waals surface area contributed by atoms with Crippen molar-refractivity contribution in [3.63, 3.8) is 0 Å². The molecule has 0 amide bonds. The predicted octanol–water partition coefficient (Wildman–Crippen LogP) is 2.82. The summed E-state index contributed by atoms with van der Waals surface area (Å²) in [7, 11) is 5.99. The lowest BCUT2D eigenvalue weighted by Crippen LogP contribution is -2.38. The van der Waals surface area contributed by atoms with Gasteiger partial charge in [0, 0.05) is 44.3 Å². The third kappa shape index (κ3) is 5.23. The van der Waals surface area contributed by atoms with Gasteiger partial charge in [-0.25, -0.2) is 4.99 Å². The number of thiophene rings is 1. The van der Waals surface area contributed by atoms with Crippen molar-refractivity contribution in [2.75, 3.05) is 7.05 Å². The minimum Gasteiger partial charge on any atom is -0.351 e. The lowest BCUT2D eigenvalue weighted by molar-refractivity contribution is 0.470. The first kappa shape index (κ1) is 21.0. The van der Waals surface area contributed by atoms with E-state index in [4.69, 9.17) is 4.99 Å². The van der Waals surface area contributed by atoms with Crippen LogP contribution in [0.2, 0.25) is 0 Å². The monoisotopic (exact) mass is 414 g/mol. The number of nitrogens with one attached hydrogen (secondary N) is 1. The van der Waals surface area contributed by atoms with E-state index in [0.717, 1.165) is 36.4 Å². The summed E-state index contributed by atoms with van der Waals surface area (Å²) in [4.78, 5) is 8.24. The Morgan fingerprint density at radius 2 is 2.10 bits per heavy atom. The van der Waals surface area contributed by atoms with Crippen molar-refractivity contribution in [3.8, 4) is 0 Å². The Hall–Kier alpha value is -2.68. The normalized spacial score (nSPS) is 12.0. The molecule has 0 bridgehead atoms. The maximum atomic E-state index is 4.83. The first-order valence-corrected chi connectivity index (χ1v) is 10.6. The Morgan fingerprint density at radius 3 is 2.72 bits per heavy atom. The maximum Gasteiger partial charge on any atom is 0.194 e. The second kappa shape index (κ2) is 9.21. The molecule has 3 aromatic heterocycles. The molecule has 0 aromatic carbocycles. The molecule has 29 heavy (non-hydrogen) atoms. The number of aliphatic imine (C=N–C) groups is 1. The molecule has 8 nitrogen and oxygen atoms in total. The average molecular weight is 415 g/mol. The number of aryl methyl sites for hydroxylation is 2. The quantitative estimate of drug-likeness (QED) is 0.475. The molecule has 1 N–H and O–H groups in total. The molecule has 0 saturated carbocycles. The standard InChI is InChI=1S/C20H30N8S/c1-14(2)19-16(13-27(5)25-19)12-26(4)20(21-10-17-8-7-9-29-17)22-11-18-24-23-15(3)28(18)6/h7-9,13-14H,10-12H2,1-6H3,(H,21,22). The molecule has 0 fully saturated rings. The minimum atomic E-state index is 0.376. The van der Waals surface area contributed by atoms with Crippen molar-refractivity contribution >= 4 is 17.3 Å². The van der Waals surface area contributed by atoms with Crippen LogP contribution in [-0.4, -0.2) is 42.5 Å². The van der Waals surface area contributed by atoms with Crippen molar-refractivity contribution in [2.24, 2.45) is 19.1 Å². The van der Waals surface area contributed by atoms with Crippen LogP contribution in [0.4, 0.5) is 0 Å². The third-order valence-electron chi connectivity index (χ3n) is 4.81. The highest BCUT2D eigenvalue weighted by Gasteiger charge is 2.16. The number of rotatable bonds is 7. The number of hydrogen-bond donors (Lipinski definition) is 1. The molecule has 0 unspecified atom stereocenters. The maximum absolute atomic E-state index is 4.83. The van der Waals surface area contributed by atoms with Gasteiger partial charge in [-0.15, -0.1) is 21.5 Å². The summed E-state index contributed by atoms with van der Waals surface area (Å²) in [5.74, 6) is 2.93. The zero-order valence-electron chi connectivity index (χ0n) is 18.0. The Labute approximate surface area is 176 Å². The SMILES string of the molecule is Cc1nnc(CN=C(NCc2cccs2)N(C)Cc2cn(C)nc2C(C)C)n1C. The van der Waals surface area contributed by atoms with Gasteiger partial charge in [0.2, 0.25) is 0 Å². The van der Waals surface area contributed by atoms with E-state index in [1.54, 1.807) is 11.3 Å². The number of guanidine groups is 1. The Balaban J connectivity index is 1.79. The van der Waals surface area contributed by atoms with Crippen LogP contribution >= 0.6 is 11.3 Å². The predicted molar refractivity (Wildman–Crippen MR) is 117 cm³/mol. The van der Waals surface area contributed by atoms with Gasteiger partial charge in [-0.2, -0.15) is 5.10 Å². The van der Waals surface area contributed by atoms with Crippen molar-refractivity contribution in [2.45, 2.75) is 46.3 Å². The van der Waals surface area contributed by atoms with E-state index in [1.165, 1.54) is 10.4 Å². The smallest absolute Gasteiger partial charge is 0.194 e. The largest absolute Gasteiger partial charge is 0.351 e. The highest BCUT2D eigenvalue weighted by molar-refractivity contribution is 7.09. The molecule has 0 radical (unpaired) electrons. The van der Waals surface area contributed by atoms with Crippen molar-refractivity contribution < 1.29 is 0 Å². The molecular weight excluding hydrogens is 384 g/mol. The number of hydrogen-bond acceptors (Lipinski definition) is 5. The first-order chi connectivity index (χ1) is 13.8. The van der Waals surface area contributed by atoms with Crippen LogP contribution in [0.3, 0.4) is 0 Å². The molecule has 0 spiro atoms. The topological polar surface area (TPSA) is 76.2 Å². The van der Waals surface area contributed by atoms with Gasteiger partial charge in [0.25, 0.3) is 0 Å². The highest BCUT2D eigenvalue weighted by atomic mass is 32.1. The van der Waals surface area contributed by atoms with Gasteiger partial charge in [0.15, 0.2) is 11.8 Å². The average Bonchev–Trinajstić information content (AvgIpc) is 3.38. The van der Waals surface area contributed by atoms with Gasteiger partial charge in [-0.1, -0.05) is 19.9 Å². The lowest BCUT2D eigenvalue weighted by Gasteiger charge is -2.22. The fourth-order valence-corrected chi connectivity index (χ4v) is 3.76. The lowest BCUT2D eigenvalue weighted by atomic mass is 10.1. The van der Waals surface area contributed by atoms with Crippen LogP contribution in [0.15, 0.2) is 28.7 Å². The van der Waals surface area contributed by atoms with E-state index in [1.807, 2.05) is 30.3 Å². The first-order valence-electron chi connectivity index (χ1n) is 9.74. The summed E-state index contributed by atoms with van der Waals surface area (Å²) in [5, 5.41) is 18.6. The van der Waals surface area contributed by atoms with Crippen LogP contribution < -0.4 is 5.32 Å². The number of aromatic nitrogens is 5. The summed E-state index contributed by atoms with van der Waals surface area (Å²) >= 11 is 1.73. The second-order valence-electron chi connectivity index (χ2n) is 7.52. The third-order valence-corrected chi connectivity index (χ3v) is 5.68. The van der Waals surface area contributed by atoms with E-state index in [-0.39, 0.29) is 0 Å². The molecule has 0 aliphatic heterocycles. The highest BCUT2D eigenvalue weighted by Crippen LogP contribution is 2.19. The Kier molecular flexibility index (Phi) is 6.68. The van der Waals surface area contributed by atoms with Gasteiger partial charge in [-0.3, -0.25) is 4.68 Å². The molecule has 0 saturated heterocycles. The van der Waals surface area contributed by atoms with E-state index in [9.17, 15) is 0 Å². The van der Waals surface area contributed by atoms with E-state index in [0.29, 0.717) is 12.5 Å². The van der Waals surface area contributed by atoms with Crippen LogP contribution in [0, 0.1) is 6.92 Å². The molecule has 0 atom stereocenters. The van der Waals surface area contributed by atoms with Crippen molar-refractivity contribution in [1.29, 1.82) is 0 Å². The van der Waals surface area contributed by atoms with Gasteiger partial charge in [0.1, 0.15) is 12.4 Å². The van der Waals surface area contributed by atoms with Gasteiger partial charge in [0.05, 0.1) is 12.2 Å². The van der Waals surface area contributed by atoms with Crippen molar-refractivity contribution in [3.05, 3.63) is 51.5 Å². The van der Waals surface area contributed by atoms with Crippen LogP contribution in [0.5, 0.6) is 0 Å².